The highest BCUT2D eigenvalue weighted by Gasteiger charge is 2.11. The highest BCUT2D eigenvalue weighted by Crippen LogP contribution is 2.11. The fraction of sp³-hybridized carbons (Fsp3) is 0.786. The maximum Gasteiger partial charge on any atom is 0.0941 e. The van der Waals surface area contributed by atoms with Gasteiger partial charge in [0.15, 0.2) is 0 Å². The first-order chi connectivity index (χ1) is 9.24. The lowest BCUT2D eigenvalue weighted by Gasteiger charge is -2.25. The van der Waals surface area contributed by atoms with Crippen LogP contribution >= 0.6 is 11.3 Å². The lowest BCUT2D eigenvalue weighted by Crippen LogP contribution is -2.37. The molecule has 0 saturated carbocycles. The lowest BCUT2D eigenvalue weighted by molar-refractivity contribution is 0.0384. The average molecular weight is 283 g/mol. The van der Waals surface area contributed by atoms with Crippen molar-refractivity contribution in [2.45, 2.75) is 26.8 Å². The van der Waals surface area contributed by atoms with Gasteiger partial charge in [0.05, 0.1) is 23.9 Å². The smallest absolute Gasteiger partial charge is 0.0941 e. The number of ether oxygens (including phenoxy) is 1. The summed E-state index contributed by atoms with van der Waals surface area (Å²) in [4.78, 5) is 7.15. The minimum atomic E-state index is 0.694. The third-order valence-electron chi connectivity index (χ3n) is 3.20. The van der Waals surface area contributed by atoms with Gasteiger partial charge in [0.25, 0.3) is 0 Å². The van der Waals surface area contributed by atoms with Crippen molar-refractivity contribution in [2.75, 3.05) is 39.4 Å². The van der Waals surface area contributed by atoms with E-state index in [4.69, 9.17) is 4.74 Å². The zero-order chi connectivity index (χ0) is 13.5. The Morgan fingerprint density at radius 1 is 1.42 bits per heavy atom. The van der Waals surface area contributed by atoms with Gasteiger partial charge in [0, 0.05) is 38.0 Å². The van der Waals surface area contributed by atoms with Crippen LogP contribution in [0, 0.1) is 5.92 Å². The Morgan fingerprint density at radius 2 is 2.21 bits per heavy atom. The van der Waals surface area contributed by atoms with Crippen molar-refractivity contribution in [1.82, 2.24) is 15.2 Å². The molecular formula is C14H25N3OS. The monoisotopic (exact) mass is 283 g/mol. The van der Waals surface area contributed by atoms with Crippen LogP contribution in [-0.2, 0) is 17.7 Å². The van der Waals surface area contributed by atoms with E-state index in [1.54, 1.807) is 11.3 Å². The molecule has 0 aliphatic carbocycles. The first kappa shape index (κ1) is 14.9. The number of rotatable bonds is 7. The number of nitrogens with one attached hydrogen (secondary N) is 1. The minimum absolute atomic E-state index is 0.694. The molecule has 2 heterocycles. The Hall–Kier alpha value is -0.490. The molecule has 1 aliphatic rings. The second kappa shape index (κ2) is 7.94. The number of hydrogen-bond donors (Lipinski definition) is 1. The van der Waals surface area contributed by atoms with Gasteiger partial charge >= 0.3 is 0 Å². The average Bonchev–Trinajstić information content (AvgIpc) is 2.85. The van der Waals surface area contributed by atoms with Crippen LogP contribution in [0.15, 0.2) is 5.38 Å². The van der Waals surface area contributed by atoms with Gasteiger partial charge in [0.2, 0.25) is 0 Å². The van der Waals surface area contributed by atoms with Crippen molar-refractivity contribution in [3.05, 3.63) is 16.1 Å². The van der Waals surface area contributed by atoms with Crippen molar-refractivity contribution >= 4 is 11.3 Å². The van der Waals surface area contributed by atoms with Crippen LogP contribution in [0.3, 0.4) is 0 Å². The largest absolute Gasteiger partial charge is 0.379 e. The Labute approximate surface area is 120 Å². The summed E-state index contributed by atoms with van der Waals surface area (Å²) in [6.45, 7) is 11.4. The quantitative estimate of drug-likeness (QED) is 0.827. The summed E-state index contributed by atoms with van der Waals surface area (Å²) in [5, 5.41) is 6.88. The maximum absolute atomic E-state index is 5.36. The minimum Gasteiger partial charge on any atom is -0.379 e. The van der Waals surface area contributed by atoms with Crippen LogP contribution in [0.25, 0.3) is 0 Å². The fourth-order valence-electron chi connectivity index (χ4n) is 2.11. The third-order valence-corrected chi connectivity index (χ3v) is 4.16. The zero-order valence-corrected chi connectivity index (χ0v) is 12.8. The van der Waals surface area contributed by atoms with E-state index in [2.05, 4.69) is 34.4 Å². The van der Waals surface area contributed by atoms with Crippen LogP contribution in [0.2, 0.25) is 0 Å². The van der Waals surface area contributed by atoms with Crippen molar-refractivity contribution in [3.8, 4) is 0 Å². The van der Waals surface area contributed by atoms with E-state index in [1.165, 1.54) is 10.7 Å². The highest BCUT2D eigenvalue weighted by molar-refractivity contribution is 7.09. The number of morpholine rings is 1. The van der Waals surface area contributed by atoms with Crippen LogP contribution in [0.1, 0.15) is 24.5 Å². The van der Waals surface area contributed by atoms with Gasteiger partial charge in [0.1, 0.15) is 0 Å². The van der Waals surface area contributed by atoms with E-state index >= 15 is 0 Å². The molecule has 0 aromatic carbocycles. The van der Waals surface area contributed by atoms with Crippen LogP contribution in [-0.4, -0.2) is 49.3 Å². The zero-order valence-electron chi connectivity index (χ0n) is 12.0. The fourth-order valence-corrected chi connectivity index (χ4v) is 2.90. The number of aromatic nitrogens is 1. The van der Waals surface area contributed by atoms with Gasteiger partial charge in [-0.25, -0.2) is 4.98 Å². The number of nitrogens with zero attached hydrogens (tertiary/aromatic N) is 2. The summed E-state index contributed by atoms with van der Waals surface area (Å²) in [5.41, 5.74) is 1.18. The predicted molar refractivity (Wildman–Crippen MR) is 79.6 cm³/mol. The molecule has 1 aromatic heterocycles. The standard InChI is InChI=1S/C14H25N3OS/c1-12(2)9-15-10-13-11-19-14(16-13)3-4-17-5-7-18-8-6-17/h11-12,15H,3-10H2,1-2H3. The molecule has 0 unspecified atom stereocenters. The summed E-state index contributed by atoms with van der Waals surface area (Å²) in [6.07, 6.45) is 1.06. The summed E-state index contributed by atoms with van der Waals surface area (Å²) < 4.78 is 5.36. The van der Waals surface area contributed by atoms with E-state index in [0.29, 0.717) is 5.92 Å². The summed E-state index contributed by atoms with van der Waals surface area (Å²) in [5.74, 6) is 0.694. The predicted octanol–water partition coefficient (Wildman–Crippen LogP) is 1.76. The molecule has 1 fully saturated rings. The van der Waals surface area contributed by atoms with Gasteiger partial charge in [-0.1, -0.05) is 13.8 Å². The summed E-state index contributed by atoms with van der Waals surface area (Å²) in [7, 11) is 0. The first-order valence-corrected chi connectivity index (χ1v) is 8.06. The Balaban J connectivity index is 1.68. The topological polar surface area (TPSA) is 37.4 Å². The normalized spacial score (nSPS) is 17.2. The molecule has 0 amide bonds. The van der Waals surface area contributed by atoms with Crippen molar-refractivity contribution < 1.29 is 4.74 Å². The molecule has 4 nitrogen and oxygen atoms in total. The molecule has 0 spiro atoms. The molecule has 108 valence electrons. The van der Waals surface area contributed by atoms with E-state index in [-0.39, 0.29) is 0 Å². The molecule has 1 saturated heterocycles. The molecule has 2 rings (SSSR count). The van der Waals surface area contributed by atoms with Crippen molar-refractivity contribution in [1.29, 1.82) is 0 Å². The first-order valence-electron chi connectivity index (χ1n) is 7.18. The maximum atomic E-state index is 5.36. The SMILES string of the molecule is CC(C)CNCc1csc(CCN2CCOCC2)n1. The van der Waals surface area contributed by atoms with Gasteiger partial charge in [-0.2, -0.15) is 0 Å². The second-order valence-corrected chi connectivity index (χ2v) is 6.40. The van der Waals surface area contributed by atoms with E-state index < -0.39 is 0 Å². The molecule has 1 aliphatic heterocycles. The summed E-state index contributed by atoms with van der Waals surface area (Å²) >= 11 is 1.79. The van der Waals surface area contributed by atoms with Crippen molar-refractivity contribution in [3.63, 3.8) is 0 Å². The molecule has 1 aromatic rings. The molecule has 1 N–H and O–H groups in total. The van der Waals surface area contributed by atoms with Crippen LogP contribution < -0.4 is 5.32 Å². The Kier molecular flexibility index (Phi) is 6.23. The molecular weight excluding hydrogens is 258 g/mol. The molecule has 0 radical (unpaired) electrons. The molecule has 5 heteroatoms. The molecule has 0 bridgehead atoms. The van der Waals surface area contributed by atoms with Gasteiger partial charge in [-0.05, 0) is 12.5 Å². The molecule has 19 heavy (non-hydrogen) atoms. The Bertz CT molecular complexity index is 361. The number of hydrogen-bond acceptors (Lipinski definition) is 5. The lowest BCUT2D eigenvalue weighted by atomic mass is 10.2. The highest BCUT2D eigenvalue weighted by atomic mass is 32.1. The second-order valence-electron chi connectivity index (χ2n) is 5.46. The summed E-state index contributed by atoms with van der Waals surface area (Å²) in [6, 6.07) is 0. The Morgan fingerprint density at radius 3 is 2.95 bits per heavy atom. The van der Waals surface area contributed by atoms with Crippen LogP contribution in [0.5, 0.6) is 0 Å². The van der Waals surface area contributed by atoms with E-state index in [1.807, 2.05) is 0 Å². The van der Waals surface area contributed by atoms with Gasteiger partial charge < -0.3 is 10.1 Å². The van der Waals surface area contributed by atoms with Crippen molar-refractivity contribution in [2.24, 2.45) is 5.92 Å². The van der Waals surface area contributed by atoms with E-state index in [9.17, 15) is 0 Å². The van der Waals surface area contributed by atoms with Gasteiger partial charge in [-0.15, -0.1) is 11.3 Å². The van der Waals surface area contributed by atoms with Gasteiger partial charge in [-0.3, -0.25) is 4.90 Å². The van der Waals surface area contributed by atoms with E-state index in [0.717, 1.165) is 52.4 Å². The van der Waals surface area contributed by atoms with Crippen LogP contribution in [0.4, 0.5) is 0 Å². The molecule has 0 atom stereocenters. The number of thiazole rings is 1. The third kappa shape index (κ3) is 5.57.